The molecule has 1 aromatic heterocycles. The molecular weight excluding hydrogens is 190 g/mol. The highest BCUT2D eigenvalue weighted by Crippen LogP contribution is 2.16. The van der Waals surface area contributed by atoms with Crippen molar-refractivity contribution in [3.05, 3.63) is 18.0 Å². The van der Waals surface area contributed by atoms with E-state index in [4.69, 9.17) is 14.9 Å². The molecule has 6 nitrogen and oxygen atoms in total. The summed E-state index contributed by atoms with van der Waals surface area (Å²) in [4.78, 5) is 23.2. The van der Waals surface area contributed by atoms with E-state index in [-0.39, 0.29) is 24.5 Å². The van der Waals surface area contributed by atoms with Crippen LogP contribution in [0.3, 0.4) is 0 Å². The largest absolute Gasteiger partial charge is 0.490 e. The summed E-state index contributed by atoms with van der Waals surface area (Å²) < 4.78 is 4.96. The highest BCUT2D eigenvalue weighted by Gasteiger charge is 2.12. The fourth-order valence-electron chi connectivity index (χ4n) is 0.891. The number of hydrogen-bond donors (Lipinski definition) is 3. The third kappa shape index (κ3) is 2.51. The first-order chi connectivity index (χ1) is 6.61. The molecule has 0 bridgehead atoms. The molecule has 0 fully saturated rings. The number of hydrogen-bond acceptors (Lipinski definition) is 3. The molecule has 14 heavy (non-hydrogen) atoms. The number of carboxylic acids is 2. The molecule has 1 rings (SSSR count). The molecule has 0 radical (unpaired) electrons. The van der Waals surface area contributed by atoms with Crippen LogP contribution in [0.4, 0.5) is 0 Å². The molecule has 76 valence electrons. The van der Waals surface area contributed by atoms with Crippen LogP contribution in [0.25, 0.3) is 0 Å². The molecule has 0 spiro atoms. The Morgan fingerprint density at radius 2 is 2.14 bits per heavy atom. The lowest BCUT2D eigenvalue weighted by atomic mass is 10.4. The lowest BCUT2D eigenvalue weighted by Crippen LogP contribution is -2.07. The zero-order valence-corrected chi connectivity index (χ0v) is 7.19. The van der Waals surface area contributed by atoms with Crippen LogP contribution in [0.5, 0.6) is 5.75 Å². The first-order valence-electron chi connectivity index (χ1n) is 3.86. The van der Waals surface area contributed by atoms with E-state index in [0.29, 0.717) is 0 Å². The number of ether oxygens (including phenoxy) is 1. The second-order valence-electron chi connectivity index (χ2n) is 2.51. The van der Waals surface area contributed by atoms with Crippen LogP contribution in [-0.4, -0.2) is 33.7 Å². The molecule has 0 aromatic carbocycles. The second kappa shape index (κ2) is 4.31. The highest BCUT2D eigenvalue weighted by atomic mass is 16.5. The average molecular weight is 199 g/mol. The summed E-state index contributed by atoms with van der Waals surface area (Å²) in [5, 5.41) is 17.0. The zero-order valence-electron chi connectivity index (χ0n) is 7.19. The molecule has 6 heteroatoms. The Morgan fingerprint density at radius 3 is 2.71 bits per heavy atom. The Hall–Kier alpha value is -1.98. The molecular formula is C8H9NO5. The van der Waals surface area contributed by atoms with Gasteiger partial charge in [-0.05, 0) is 6.07 Å². The number of aromatic carboxylic acids is 1. The van der Waals surface area contributed by atoms with Crippen molar-refractivity contribution in [2.24, 2.45) is 0 Å². The van der Waals surface area contributed by atoms with E-state index in [1.54, 1.807) is 0 Å². The van der Waals surface area contributed by atoms with Crippen LogP contribution < -0.4 is 4.74 Å². The number of carboxylic acid groups (broad SMARTS) is 2. The number of H-pyrrole nitrogens is 1. The van der Waals surface area contributed by atoms with Gasteiger partial charge in [-0.3, -0.25) is 4.79 Å². The molecule has 0 atom stereocenters. The number of nitrogens with one attached hydrogen (secondary N) is 1. The Balaban J connectivity index is 2.54. The molecule has 0 aliphatic carbocycles. The normalized spacial score (nSPS) is 9.71. The standard InChI is InChI=1S/C8H9NO5/c10-6(11)2-4-14-5-1-3-9-7(5)8(12)13/h1,3,9H,2,4H2,(H,10,11)(H,12,13). The number of aromatic amines is 1. The zero-order chi connectivity index (χ0) is 10.6. The summed E-state index contributed by atoms with van der Waals surface area (Å²) in [7, 11) is 0. The van der Waals surface area contributed by atoms with Crippen LogP contribution >= 0.6 is 0 Å². The fraction of sp³-hybridized carbons (Fsp3) is 0.250. The van der Waals surface area contributed by atoms with Crippen molar-refractivity contribution < 1.29 is 24.5 Å². The van der Waals surface area contributed by atoms with E-state index in [0.717, 1.165) is 0 Å². The fourth-order valence-corrected chi connectivity index (χ4v) is 0.891. The molecule has 0 amide bonds. The molecule has 0 aliphatic heterocycles. The maximum absolute atomic E-state index is 10.6. The summed E-state index contributed by atoms with van der Waals surface area (Å²) in [6, 6.07) is 1.44. The lowest BCUT2D eigenvalue weighted by Gasteiger charge is -2.02. The average Bonchev–Trinajstić information content (AvgIpc) is 2.51. The van der Waals surface area contributed by atoms with E-state index in [9.17, 15) is 9.59 Å². The molecule has 0 saturated carbocycles. The maximum atomic E-state index is 10.6. The van der Waals surface area contributed by atoms with Crippen molar-refractivity contribution >= 4 is 11.9 Å². The van der Waals surface area contributed by atoms with Crippen molar-refractivity contribution in [3.8, 4) is 5.75 Å². The minimum atomic E-state index is -1.14. The van der Waals surface area contributed by atoms with Gasteiger partial charge in [0, 0.05) is 6.20 Å². The second-order valence-corrected chi connectivity index (χ2v) is 2.51. The predicted octanol–water partition coefficient (Wildman–Crippen LogP) is 0.566. The van der Waals surface area contributed by atoms with Gasteiger partial charge in [0.25, 0.3) is 0 Å². The number of rotatable bonds is 5. The third-order valence-electron chi connectivity index (χ3n) is 1.50. The van der Waals surface area contributed by atoms with Gasteiger partial charge < -0.3 is 19.9 Å². The van der Waals surface area contributed by atoms with Crippen LogP contribution in [0.2, 0.25) is 0 Å². The predicted molar refractivity (Wildman–Crippen MR) is 45.5 cm³/mol. The molecule has 1 heterocycles. The Morgan fingerprint density at radius 1 is 1.43 bits per heavy atom. The Kier molecular flexibility index (Phi) is 3.11. The van der Waals surface area contributed by atoms with Gasteiger partial charge in [-0.2, -0.15) is 0 Å². The van der Waals surface area contributed by atoms with Crippen LogP contribution in [0.15, 0.2) is 12.3 Å². The van der Waals surface area contributed by atoms with E-state index in [1.807, 2.05) is 0 Å². The summed E-state index contributed by atoms with van der Waals surface area (Å²) in [5.41, 5.74) is -0.0737. The van der Waals surface area contributed by atoms with Gasteiger partial charge in [-0.1, -0.05) is 0 Å². The third-order valence-corrected chi connectivity index (χ3v) is 1.50. The number of carbonyl (C=O) groups is 2. The quantitative estimate of drug-likeness (QED) is 0.643. The van der Waals surface area contributed by atoms with Gasteiger partial charge >= 0.3 is 11.9 Å². The monoisotopic (exact) mass is 199 g/mol. The number of aromatic nitrogens is 1. The minimum Gasteiger partial charge on any atom is -0.490 e. The van der Waals surface area contributed by atoms with E-state index in [1.165, 1.54) is 12.3 Å². The lowest BCUT2D eigenvalue weighted by molar-refractivity contribution is -0.137. The van der Waals surface area contributed by atoms with Gasteiger partial charge in [0.05, 0.1) is 13.0 Å². The van der Waals surface area contributed by atoms with E-state index < -0.39 is 11.9 Å². The highest BCUT2D eigenvalue weighted by molar-refractivity contribution is 5.88. The molecule has 0 unspecified atom stereocenters. The van der Waals surface area contributed by atoms with Crippen molar-refractivity contribution in [1.82, 2.24) is 4.98 Å². The van der Waals surface area contributed by atoms with Crippen molar-refractivity contribution in [2.75, 3.05) is 6.61 Å². The van der Waals surface area contributed by atoms with Gasteiger partial charge in [0.1, 0.15) is 0 Å². The van der Waals surface area contributed by atoms with Crippen molar-refractivity contribution in [3.63, 3.8) is 0 Å². The number of aliphatic carboxylic acids is 1. The summed E-state index contributed by atoms with van der Waals surface area (Å²) >= 11 is 0. The van der Waals surface area contributed by atoms with Gasteiger partial charge in [0.2, 0.25) is 0 Å². The maximum Gasteiger partial charge on any atom is 0.356 e. The van der Waals surface area contributed by atoms with Gasteiger partial charge in [0.15, 0.2) is 11.4 Å². The van der Waals surface area contributed by atoms with Crippen molar-refractivity contribution in [2.45, 2.75) is 6.42 Å². The first-order valence-corrected chi connectivity index (χ1v) is 3.86. The van der Waals surface area contributed by atoms with E-state index in [2.05, 4.69) is 4.98 Å². The van der Waals surface area contributed by atoms with Crippen LogP contribution in [-0.2, 0) is 4.79 Å². The smallest absolute Gasteiger partial charge is 0.356 e. The van der Waals surface area contributed by atoms with Crippen molar-refractivity contribution in [1.29, 1.82) is 0 Å². The van der Waals surface area contributed by atoms with Crippen LogP contribution in [0, 0.1) is 0 Å². The van der Waals surface area contributed by atoms with Gasteiger partial charge in [-0.25, -0.2) is 4.79 Å². The summed E-state index contributed by atoms with van der Waals surface area (Å²) in [6.45, 7) is -0.0481. The molecule has 3 N–H and O–H groups in total. The molecule has 0 aliphatic rings. The SMILES string of the molecule is O=C(O)CCOc1cc[nH]c1C(=O)O. The topological polar surface area (TPSA) is 99.6 Å². The molecule has 1 aromatic rings. The van der Waals surface area contributed by atoms with Crippen LogP contribution in [0.1, 0.15) is 16.9 Å². The summed E-state index contributed by atoms with van der Waals surface area (Å²) in [6.07, 6.45) is 1.25. The first kappa shape index (κ1) is 10.1. The Labute approximate surface area is 79.1 Å². The Bertz CT molecular complexity index is 343. The molecule has 0 saturated heterocycles. The van der Waals surface area contributed by atoms with Gasteiger partial charge in [-0.15, -0.1) is 0 Å². The minimum absolute atomic E-state index is 0.0481. The van der Waals surface area contributed by atoms with E-state index >= 15 is 0 Å². The summed E-state index contributed by atoms with van der Waals surface area (Å²) in [5.74, 6) is -1.98.